The molecule has 0 aliphatic heterocycles. The lowest BCUT2D eigenvalue weighted by Crippen LogP contribution is -2.28. The topological polar surface area (TPSA) is 69.0 Å². The van der Waals surface area contributed by atoms with E-state index in [1.54, 1.807) is 29.2 Å². The summed E-state index contributed by atoms with van der Waals surface area (Å²) >= 11 is 0. The van der Waals surface area contributed by atoms with Crippen molar-refractivity contribution in [2.24, 2.45) is 7.05 Å². The van der Waals surface area contributed by atoms with Crippen LogP contribution in [0.2, 0.25) is 0 Å². The number of ether oxygens (including phenoxy) is 1. The van der Waals surface area contributed by atoms with Crippen molar-refractivity contribution in [3.05, 3.63) is 66.4 Å². The zero-order chi connectivity index (χ0) is 17.6. The molecule has 6 nitrogen and oxygen atoms in total. The number of para-hydroxylation sites is 1. The highest BCUT2D eigenvalue weighted by atomic mass is 19.1. The maximum Gasteiger partial charge on any atom is 0.258 e. The van der Waals surface area contributed by atoms with Gasteiger partial charge in [-0.1, -0.05) is 12.1 Å². The molecular weight excluding hydrogens is 323 g/mol. The summed E-state index contributed by atoms with van der Waals surface area (Å²) in [6.45, 7) is 0.00334. The summed E-state index contributed by atoms with van der Waals surface area (Å²) in [6, 6.07) is 11.6. The quantitative estimate of drug-likeness (QED) is 0.748. The highest BCUT2D eigenvalue weighted by molar-refractivity contribution is 5.77. The standard InChI is InChI=1S/C18H17FN4O2/c1-23-16(13-6-8-20-9-7-13)10-14(22-23)11-21-18(24)12-25-17-5-3-2-4-15(17)19/h2-10H,11-12H2,1H3,(H,21,24). The fourth-order valence-corrected chi connectivity index (χ4v) is 2.35. The molecule has 0 saturated carbocycles. The van der Waals surface area contributed by atoms with E-state index in [-0.39, 0.29) is 24.8 Å². The number of aromatic nitrogens is 3. The van der Waals surface area contributed by atoms with E-state index < -0.39 is 5.82 Å². The van der Waals surface area contributed by atoms with Gasteiger partial charge in [-0.25, -0.2) is 4.39 Å². The average Bonchev–Trinajstić information content (AvgIpc) is 3.01. The predicted molar refractivity (Wildman–Crippen MR) is 90.2 cm³/mol. The summed E-state index contributed by atoms with van der Waals surface area (Å²) in [5, 5.41) is 7.08. The van der Waals surface area contributed by atoms with Crippen molar-refractivity contribution < 1.29 is 13.9 Å². The van der Waals surface area contributed by atoms with Gasteiger partial charge in [0, 0.05) is 25.0 Å². The molecule has 0 aliphatic carbocycles. The number of benzene rings is 1. The van der Waals surface area contributed by atoms with Crippen LogP contribution in [0.5, 0.6) is 5.75 Å². The van der Waals surface area contributed by atoms with Gasteiger partial charge in [0.15, 0.2) is 18.2 Å². The van der Waals surface area contributed by atoms with Crippen LogP contribution in [0, 0.1) is 5.82 Å². The Morgan fingerprint density at radius 1 is 1.24 bits per heavy atom. The second-order valence-electron chi connectivity index (χ2n) is 5.38. The molecule has 0 radical (unpaired) electrons. The van der Waals surface area contributed by atoms with E-state index in [0.717, 1.165) is 11.3 Å². The predicted octanol–water partition coefficient (Wildman–Crippen LogP) is 2.32. The van der Waals surface area contributed by atoms with Crippen LogP contribution >= 0.6 is 0 Å². The van der Waals surface area contributed by atoms with Gasteiger partial charge < -0.3 is 10.1 Å². The van der Waals surface area contributed by atoms with Gasteiger partial charge in [-0.15, -0.1) is 0 Å². The van der Waals surface area contributed by atoms with Crippen LogP contribution in [-0.4, -0.2) is 27.3 Å². The number of pyridine rings is 1. The van der Waals surface area contributed by atoms with Gasteiger partial charge in [-0.2, -0.15) is 5.10 Å². The van der Waals surface area contributed by atoms with Gasteiger partial charge in [0.25, 0.3) is 5.91 Å². The molecule has 0 aliphatic rings. The van der Waals surface area contributed by atoms with Crippen LogP contribution in [0.4, 0.5) is 4.39 Å². The first-order valence-electron chi connectivity index (χ1n) is 7.71. The number of carbonyl (C=O) groups excluding carboxylic acids is 1. The largest absolute Gasteiger partial charge is 0.481 e. The highest BCUT2D eigenvalue weighted by Gasteiger charge is 2.10. The smallest absolute Gasteiger partial charge is 0.258 e. The first-order valence-corrected chi connectivity index (χ1v) is 7.71. The fourth-order valence-electron chi connectivity index (χ4n) is 2.35. The molecule has 0 unspecified atom stereocenters. The number of nitrogens with zero attached hydrogens (tertiary/aromatic N) is 3. The number of rotatable bonds is 6. The van der Waals surface area contributed by atoms with Crippen LogP contribution in [-0.2, 0) is 18.4 Å². The van der Waals surface area contributed by atoms with E-state index >= 15 is 0 Å². The summed E-state index contributed by atoms with van der Waals surface area (Å²) in [4.78, 5) is 15.9. The minimum Gasteiger partial charge on any atom is -0.481 e. The summed E-state index contributed by atoms with van der Waals surface area (Å²) in [6.07, 6.45) is 3.42. The van der Waals surface area contributed by atoms with Crippen LogP contribution < -0.4 is 10.1 Å². The Labute approximate surface area is 144 Å². The average molecular weight is 340 g/mol. The van der Waals surface area contributed by atoms with E-state index in [2.05, 4.69) is 15.4 Å². The van der Waals surface area contributed by atoms with E-state index in [4.69, 9.17) is 4.74 Å². The second kappa shape index (κ2) is 7.57. The summed E-state index contributed by atoms with van der Waals surface area (Å²) in [7, 11) is 1.84. The van der Waals surface area contributed by atoms with Crippen molar-refractivity contribution in [1.82, 2.24) is 20.1 Å². The molecule has 1 N–H and O–H groups in total. The Balaban J connectivity index is 1.55. The molecule has 3 aromatic rings. The monoisotopic (exact) mass is 340 g/mol. The molecule has 0 atom stereocenters. The van der Waals surface area contributed by atoms with Gasteiger partial charge >= 0.3 is 0 Å². The van der Waals surface area contributed by atoms with Crippen molar-refractivity contribution >= 4 is 5.91 Å². The van der Waals surface area contributed by atoms with E-state index in [1.165, 1.54) is 12.1 Å². The Morgan fingerprint density at radius 3 is 2.76 bits per heavy atom. The SMILES string of the molecule is Cn1nc(CNC(=O)COc2ccccc2F)cc1-c1ccncc1. The molecule has 2 aromatic heterocycles. The fraction of sp³-hybridized carbons (Fsp3) is 0.167. The molecule has 0 spiro atoms. The number of hydrogen-bond acceptors (Lipinski definition) is 4. The summed E-state index contributed by atoms with van der Waals surface area (Å²) < 4.78 is 20.3. The number of carbonyl (C=O) groups is 1. The van der Waals surface area contributed by atoms with Crippen LogP contribution in [0.1, 0.15) is 5.69 Å². The molecule has 7 heteroatoms. The third kappa shape index (κ3) is 4.20. The van der Waals surface area contributed by atoms with Crippen molar-refractivity contribution in [3.8, 4) is 17.0 Å². The summed E-state index contributed by atoms with van der Waals surface area (Å²) in [5.41, 5.74) is 2.63. The number of halogens is 1. The Hall–Kier alpha value is -3.22. The third-order valence-corrected chi connectivity index (χ3v) is 3.57. The third-order valence-electron chi connectivity index (χ3n) is 3.57. The molecule has 25 heavy (non-hydrogen) atoms. The lowest BCUT2D eigenvalue weighted by molar-refractivity contribution is -0.123. The molecule has 1 aromatic carbocycles. The highest BCUT2D eigenvalue weighted by Crippen LogP contribution is 2.18. The molecule has 1 amide bonds. The van der Waals surface area contributed by atoms with Crippen LogP contribution in [0.3, 0.4) is 0 Å². The van der Waals surface area contributed by atoms with Gasteiger partial charge in [0.05, 0.1) is 17.9 Å². The Morgan fingerprint density at radius 2 is 2.00 bits per heavy atom. The van der Waals surface area contributed by atoms with Crippen molar-refractivity contribution in [2.75, 3.05) is 6.61 Å². The second-order valence-corrected chi connectivity index (χ2v) is 5.38. The van der Waals surface area contributed by atoms with Crippen LogP contribution in [0.15, 0.2) is 54.9 Å². The number of hydrogen-bond donors (Lipinski definition) is 1. The first-order chi connectivity index (χ1) is 12.1. The van der Waals surface area contributed by atoms with Crippen LogP contribution in [0.25, 0.3) is 11.3 Å². The minimum atomic E-state index is -0.498. The number of nitrogens with one attached hydrogen (secondary N) is 1. The number of aryl methyl sites for hydroxylation is 1. The van der Waals surface area contributed by atoms with E-state index in [9.17, 15) is 9.18 Å². The maximum absolute atomic E-state index is 13.4. The molecule has 0 bridgehead atoms. The van der Waals surface area contributed by atoms with E-state index in [1.807, 2.05) is 25.2 Å². The van der Waals surface area contributed by atoms with Crippen molar-refractivity contribution in [2.45, 2.75) is 6.54 Å². The molecule has 128 valence electrons. The van der Waals surface area contributed by atoms with Gasteiger partial charge in [-0.3, -0.25) is 14.5 Å². The summed E-state index contributed by atoms with van der Waals surface area (Å²) in [5.74, 6) is -0.795. The first kappa shape index (κ1) is 16.6. The van der Waals surface area contributed by atoms with Crippen molar-refractivity contribution in [1.29, 1.82) is 0 Å². The molecule has 0 saturated heterocycles. The molecule has 0 fully saturated rings. The minimum absolute atomic E-state index is 0.0514. The molecular formula is C18H17FN4O2. The number of amides is 1. The van der Waals surface area contributed by atoms with Gasteiger partial charge in [0.2, 0.25) is 0 Å². The zero-order valence-electron chi connectivity index (χ0n) is 13.6. The zero-order valence-corrected chi connectivity index (χ0v) is 13.6. The maximum atomic E-state index is 13.4. The lowest BCUT2D eigenvalue weighted by Gasteiger charge is -2.07. The van der Waals surface area contributed by atoms with Gasteiger partial charge in [-0.05, 0) is 30.3 Å². The van der Waals surface area contributed by atoms with Gasteiger partial charge in [0.1, 0.15) is 0 Å². The van der Waals surface area contributed by atoms with Crippen molar-refractivity contribution in [3.63, 3.8) is 0 Å². The Kier molecular flexibility index (Phi) is 5.03. The Bertz CT molecular complexity index is 865. The molecule has 2 heterocycles. The molecule has 3 rings (SSSR count). The van der Waals surface area contributed by atoms with E-state index in [0.29, 0.717) is 5.69 Å². The lowest BCUT2D eigenvalue weighted by atomic mass is 10.2. The normalized spacial score (nSPS) is 10.5.